The van der Waals surface area contributed by atoms with Crippen LogP contribution in [0.3, 0.4) is 0 Å². The van der Waals surface area contributed by atoms with Crippen molar-refractivity contribution in [2.75, 3.05) is 17.3 Å². The SMILES string of the molecule is CC(C)(C)CC(=O)N1CCSc2nnc(COc3ccc(Cl)cc3Cl)n21. The van der Waals surface area contributed by atoms with Gasteiger partial charge in [0.1, 0.15) is 12.4 Å². The molecule has 1 aliphatic rings. The van der Waals surface area contributed by atoms with Crippen molar-refractivity contribution >= 4 is 40.9 Å². The molecule has 0 N–H and O–H groups in total. The number of benzene rings is 1. The van der Waals surface area contributed by atoms with E-state index in [-0.39, 0.29) is 17.9 Å². The second-order valence-electron chi connectivity index (χ2n) is 7.18. The van der Waals surface area contributed by atoms with Gasteiger partial charge in [-0.15, -0.1) is 10.2 Å². The molecule has 0 saturated heterocycles. The van der Waals surface area contributed by atoms with Crippen LogP contribution in [0.1, 0.15) is 33.0 Å². The lowest BCUT2D eigenvalue weighted by atomic mass is 9.92. The number of hydrogen-bond acceptors (Lipinski definition) is 5. The summed E-state index contributed by atoms with van der Waals surface area (Å²) in [5.41, 5.74) is -0.0939. The van der Waals surface area contributed by atoms with Gasteiger partial charge >= 0.3 is 0 Å². The molecule has 0 aliphatic carbocycles. The van der Waals surface area contributed by atoms with E-state index in [1.165, 1.54) is 0 Å². The average molecular weight is 415 g/mol. The summed E-state index contributed by atoms with van der Waals surface area (Å²) in [5, 5.41) is 11.7. The maximum absolute atomic E-state index is 12.8. The molecule has 9 heteroatoms. The van der Waals surface area contributed by atoms with Crippen molar-refractivity contribution in [2.24, 2.45) is 5.41 Å². The van der Waals surface area contributed by atoms with Crippen LogP contribution in [-0.4, -0.2) is 33.1 Å². The fourth-order valence-corrected chi connectivity index (χ4v) is 3.89. The number of aromatic nitrogens is 3. The molecule has 3 rings (SSSR count). The van der Waals surface area contributed by atoms with Gasteiger partial charge in [0.2, 0.25) is 11.1 Å². The first-order chi connectivity index (χ1) is 12.2. The molecule has 1 amide bonds. The molecule has 0 spiro atoms. The summed E-state index contributed by atoms with van der Waals surface area (Å²) in [6, 6.07) is 5.03. The van der Waals surface area contributed by atoms with Crippen LogP contribution in [0.2, 0.25) is 10.0 Å². The van der Waals surface area contributed by atoms with E-state index in [9.17, 15) is 4.79 Å². The van der Waals surface area contributed by atoms with E-state index in [4.69, 9.17) is 27.9 Å². The smallest absolute Gasteiger partial charge is 0.242 e. The molecule has 2 aromatic rings. The Kier molecular flexibility index (Phi) is 5.69. The summed E-state index contributed by atoms with van der Waals surface area (Å²) < 4.78 is 7.53. The summed E-state index contributed by atoms with van der Waals surface area (Å²) in [6.45, 7) is 6.89. The number of halogens is 2. The molecule has 0 atom stereocenters. The van der Waals surface area contributed by atoms with E-state index in [0.29, 0.717) is 39.7 Å². The molecule has 6 nitrogen and oxygen atoms in total. The Bertz CT molecular complexity index is 820. The first-order valence-electron chi connectivity index (χ1n) is 8.20. The number of carbonyl (C=O) groups is 1. The number of rotatable bonds is 4. The van der Waals surface area contributed by atoms with E-state index in [1.807, 2.05) is 20.8 Å². The van der Waals surface area contributed by atoms with Crippen LogP contribution in [-0.2, 0) is 11.4 Å². The van der Waals surface area contributed by atoms with Crippen LogP contribution in [0.15, 0.2) is 23.4 Å². The van der Waals surface area contributed by atoms with E-state index in [0.717, 1.165) is 5.75 Å². The van der Waals surface area contributed by atoms with E-state index in [2.05, 4.69) is 10.2 Å². The van der Waals surface area contributed by atoms with Gasteiger partial charge < -0.3 is 4.74 Å². The highest BCUT2D eigenvalue weighted by atomic mass is 35.5. The number of hydrogen-bond donors (Lipinski definition) is 0. The summed E-state index contributed by atoms with van der Waals surface area (Å²) in [7, 11) is 0. The second kappa shape index (κ2) is 7.66. The topological polar surface area (TPSA) is 60.3 Å². The summed E-state index contributed by atoms with van der Waals surface area (Å²) in [5.74, 6) is 1.90. The molecule has 1 aromatic heterocycles. The van der Waals surface area contributed by atoms with Gasteiger partial charge in [-0.05, 0) is 23.6 Å². The van der Waals surface area contributed by atoms with Gasteiger partial charge in [0, 0.05) is 17.2 Å². The van der Waals surface area contributed by atoms with Crippen molar-refractivity contribution in [3.63, 3.8) is 0 Å². The zero-order chi connectivity index (χ0) is 18.9. The Morgan fingerprint density at radius 3 is 2.77 bits per heavy atom. The summed E-state index contributed by atoms with van der Waals surface area (Å²) in [4.78, 5) is 12.8. The summed E-state index contributed by atoms with van der Waals surface area (Å²) >= 11 is 13.6. The van der Waals surface area contributed by atoms with Crippen molar-refractivity contribution in [3.8, 4) is 5.75 Å². The highest BCUT2D eigenvalue weighted by molar-refractivity contribution is 7.99. The minimum Gasteiger partial charge on any atom is -0.484 e. The first-order valence-corrected chi connectivity index (χ1v) is 9.94. The molecular weight excluding hydrogens is 395 g/mol. The van der Waals surface area contributed by atoms with E-state index < -0.39 is 0 Å². The zero-order valence-electron chi connectivity index (χ0n) is 14.8. The van der Waals surface area contributed by atoms with Gasteiger partial charge in [0.05, 0.1) is 11.6 Å². The number of carbonyl (C=O) groups excluding carboxylic acids is 1. The molecule has 26 heavy (non-hydrogen) atoms. The van der Waals surface area contributed by atoms with Crippen LogP contribution >= 0.6 is 35.0 Å². The Labute approximate surface area is 166 Å². The molecule has 0 fully saturated rings. The highest BCUT2D eigenvalue weighted by Crippen LogP contribution is 2.29. The maximum Gasteiger partial charge on any atom is 0.242 e. The number of ether oxygens (including phenoxy) is 1. The van der Waals surface area contributed by atoms with Crippen molar-refractivity contribution < 1.29 is 9.53 Å². The largest absolute Gasteiger partial charge is 0.484 e. The Balaban J connectivity index is 1.80. The third-order valence-corrected chi connectivity index (χ3v) is 5.10. The van der Waals surface area contributed by atoms with Crippen LogP contribution < -0.4 is 9.75 Å². The van der Waals surface area contributed by atoms with E-state index in [1.54, 1.807) is 39.6 Å². The normalized spacial score (nSPS) is 14.3. The minimum absolute atomic E-state index is 0.0459. The third-order valence-electron chi connectivity index (χ3n) is 3.67. The van der Waals surface area contributed by atoms with Gasteiger partial charge in [0.15, 0.2) is 5.82 Å². The quantitative estimate of drug-likeness (QED) is 0.750. The fourth-order valence-electron chi connectivity index (χ4n) is 2.56. The van der Waals surface area contributed by atoms with Crippen LogP contribution in [0, 0.1) is 5.41 Å². The van der Waals surface area contributed by atoms with Crippen molar-refractivity contribution in [1.82, 2.24) is 14.9 Å². The number of nitrogens with zero attached hydrogens (tertiary/aromatic N) is 4. The zero-order valence-corrected chi connectivity index (χ0v) is 17.2. The van der Waals surface area contributed by atoms with E-state index >= 15 is 0 Å². The molecular formula is C17H20Cl2N4O2S. The molecule has 0 radical (unpaired) electrons. The van der Waals surface area contributed by atoms with Crippen molar-refractivity contribution in [2.45, 2.75) is 39.0 Å². The van der Waals surface area contributed by atoms with Gasteiger partial charge in [-0.1, -0.05) is 55.7 Å². The Morgan fingerprint density at radius 2 is 2.08 bits per heavy atom. The standard InChI is InChI=1S/C17H20Cl2N4O2S/c1-17(2,3)9-15(24)22-6-7-26-16-21-20-14(23(16)22)10-25-13-5-4-11(18)8-12(13)19/h4-5,8H,6-7,9-10H2,1-3H3. The van der Waals surface area contributed by atoms with Gasteiger partial charge in [0.25, 0.3) is 0 Å². The van der Waals surface area contributed by atoms with Gasteiger partial charge in [-0.25, -0.2) is 9.69 Å². The monoisotopic (exact) mass is 414 g/mol. The second-order valence-corrected chi connectivity index (χ2v) is 9.08. The molecule has 1 aliphatic heterocycles. The molecule has 1 aromatic carbocycles. The summed E-state index contributed by atoms with van der Waals surface area (Å²) in [6.07, 6.45) is 0.443. The number of amides is 1. The van der Waals surface area contributed by atoms with Crippen LogP contribution in [0.25, 0.3) is 0 Å². The van der Waals surface area contributed by atoms with Crippen LogP contribution in [0.5, 0.6) is 5.75 Å². The number of fused-ring (bicyclic) bond motifs is 1. The maximum atomic E-state index is 12.8. The molecule has 2 heterocycles. The molecule has 0 bridgehead atoms. The average Bonchev–Trinajstić information content (AvgIpc) is 2.95. The predicted molar refractivity (Wildman–Crippen MR) is 104 cm³/mol. The van der Waals surface area contributed by atoms with Gasteiger partial charge in [-0.2, -0.15) is 0 Å². The highest BCUT2D eigenvalue weighted by Gasteiger charge is 2.29. The van der Waals surface area contributed by atoms with Crippen molar-refractivity contribution in [1.29, 1.82) is 0 Å². The third kappa shape index (κ3) is 4.45. The molecule has 0 saturated carbocycles. The molecule has 140 valence electrons. The Morgan fingerprint density at radius 1 is 1.31 bits per heavy atom. The molecule has 0 unspecified atom stereocenters. The Hall–Kier alpha value is -1.44. The lowest BCUT2D eigenvalue weighted by Crippen LogP contribution is -2.46. The van der Waals surface area contributed by atoms with Crippen molar-refractivity contribution in [3.05, 3.63) is 34.1 Å². The predicted octanol–water partition coefficient (Wildman–Crippen LogP) is 4.17. The fraction of sp³-hybridized carbons (Fsp3) is 0.471. The van der Waals surface area contributed by atoms with Gasteiger partial charge in [-0.3, -0.25) is 4.79 Å². The lowest BCUT2D eigenvalue weighted by molar-refractivity contribution is -0.122. The lowest BCUT2D eigenvalue weighted by Gasteiger charge is -2.31. The minimum atomic E-state index is -0.0939. The number of thioether (sulfide) groups is 1. The van der Waals surface area contributed by atoms with Crippen LogP contribution in [0.4, 0.5) is 0 Å². The first kappa shape index (κ1) is 19.3.